The van der Waals surface area contributed by atoms with E-state index in [0.29, 0.717) is 12.0 Å². The Morgan fingerprint density at radius 3 is 2.50 bits per heavy atom. The van der Waals surface area contributed by atoms with E-state index in [4.69, 9.17) is 4.74 Å². The van der Waals surface area contributed by atoms with Crippen molar-refractivity contribution >= 4 is 0 Å². The molecule has 0 heterocycles. The van der Waals surface area contributed by atoms with Crippen LogP contribution in [0.5, 0.6) is 0 Å². The molecule has 1 fully saturated rings. The molecule has 2 atom stereocenters. The monoisotopic (exact) mass is 244 g/mol. The lowest BCUT2D eigenvalue weighted by Gasteiger charge is -2.42. The third-order valence-electron chi connectivity index (χ3n) is 4.42. The molecule has 18 heavy (non-hydrogen) atoms. The lowest BCUT2D eigenvalue weighted by molar-refractivity contribution is 0.0193. The maximum atomic E-state index is 5.77. The topological polar surface area (TPSA) is 9.23 Å². The number of hydrogen-bond acceptors (Lipinski definition) is 1. The van der Waals surface area contributed by atoms with Gasteiger partial charge in [0.2, 0.25) is 0 Å². The average molecular weight is 244 g/mol. The molecule has 0 aliphatic heterocycles. The summed E-state index contributed by atoms with van der Waals surface area (Å²) in [4.78, 5) is 0. The Balaban J connectivity index is 2.23. The van der Waals surface area contributed by atoms with Crippen molar-refractivity contribution in [3.8, 4) is 0 Å². The molecule has 0 bridgehead atoms. The van der Waals surface area contributed by atoms with Crippen molar-refractivity contribution in [2.45, 2.75) is 51.0 Å². The molecule has 1 aliphatic carbocycles. The molecule has 0 spiro atoms. The first-order valence-corrected chi connectivity index (χ1v) is 6.98. The van der Waals surface area contributed by atoms with Gasteiger partial charge in [-0.25, -0.2) is 0 Å². The van der Waals surface area contributed by atoms with Gasteiger partial charge in [0.1, 0.15) is 6.10 Å². The summed E-state index contributed by atoms with van der Waals surface area (Å²) in [5, 5.41) is 0. The van der Waals surface area contributed by atoms with Crippen molar-refractivity contribution in [1.82, 2.24) is 0 Å². The van der Waals surface area contributed by atoms with E-state index in [0.717, 1.165) is 6.42 Å². The van der Waals surface area contributed by atoms with Gasteiger partial charge < -0.3 is 4.74 Å². The van der Waals surface area contributed by atoms with Crippen LogP contribution in [0, 0.1) is 5.92 Å². The summed E-state index contributed by atoms with van der Waals surface area (Å²) in [7, 11) is 0. The Bertz CT molecular complexity index is 380. The molecule has 0 saturated heterocycles. The first-order chi connectivity index (χ1) is 8.66. The highest BCUT2D eigenvalue weighted by molar-refractivity contribution is 5.25. The fourth-order valence-corrected chi connectivity index (χ4v) is 3.29. The van der Waals surface area contributed by atoms with Gasteiger partial charge in [-0.1, -0.05) is 57.2 Å². The summed E-state index contributed by atoms with van der Waals surface area (Å²) in [6.45, 7) is 8.41. The minimum atomic E-state index is 0.162. The number of hydrogen-bond donors (Lipinski definition) is 0. The first-order valence-electron chi connectivity index (χ1n) is 6.98. The number of benzene rings is 1. The lowest BCUT2D eigenvalue weighted by atomic mass is 9.66. The predicted molar refractivity (Wildman–Crippen MR) is 76.5 cm³/mol. The second-order valence-electron chi connectivity index (χ2n) is 5.82. The molecule has 0 unspecified atom stereocenters. The fraction of sp³-hybridized carbons (Fsp3) is 0.529. The van der Waals surface area contributed by atoms with Gasteiger partial charge in [-0.2, -0.15) is 0 Å². The molecule has 0 radical (unpaired) electrons. The van der Waals surface area contributed by atoms with Crippen molar-refractivity contribution in [3.05, 3.63) is 48.7 Å². The zero-order chi connectivity index (χ0) is 13.0. The van der Waals surface area contributed by atoms with Crippen molar-refractivity contribution in [2.24, 2.45) is 5.92 Å². The van der Waals surface area contributed by atoms with Gasteiger partial charge in [0, 0.05) is 5.92 Å². The van der Waals surface area contributed by atoms with Crippen molar-refractivity contribution in [1.29, 1.82) is 0 Å². The molecule has 1 heteroatoms. The van der Waals surface area contributed by atoms with Crippen LogP contribution in [0.4, 0.5) is 0 Å². The van der Waals surface area contributed by atoms with Crippen LogP contribution in [0.3, 0.4) is 0 Å². The van der Waals surface area contributed by atoms with E-state index >= 15 is 0 Å². The van der Waals surface area contributed by atoms with Gasteiger partial charge in [-0.15, -0.1) is 0 Å². The molecule has 98 valence electrons. The largest absolute Gasteiger partial charge is 0.498 e. The zero-order valence-electron chi connectivity index (χ0n) is 11.6. The average Bonchev–Trinajstić information content (AvgIpc) is 2.41. The third-order valence-corrected chi connectivity index (χ3v) is 4.42. The first kappa shape index (κ1) is 13.2. The predicted octanol–water partition coefficient (Wildman–Crippen LogP) is 4.68. The molecule has 1 aromatic rings. The highest BCUT2D eigenvalue weighted by Gasteiger charge is 2.39. The zero-order valence-corrected chi connectivity index (χ0v) is 11.6. The maximum absolute atomic E-state index is 5.77. The Morgan fingerprint density at radius 1 is 1.17 bits per heavy atom. The minimum absolute atomic E-state index is 0.162. The van der Waals surface area contributed by atoms with Gasteiger partial charge >= 0.3 is 0 Å². The number of rotatable bonds is 4. The molecule has 1 saturated carbocycles. The van der Waals surface area contributed by atoms with Crippen molar-refractivity contribution in [3.63, 3.8) is 0 Å². The molecule has 1 aliphatic rings. The lowest BCUT2D eigenvalue weighted by Crippen LogP contribution is -2.40. The Morgan fingerprint density at radius 2 is 1.83 bits per heavy atom. The highest BCUT2D eigenvalue weighted by Crippen LogP contribution is 2.42. The Kier molecular flexibility index (Phi) is 4.11. The summed E-state index contributed by atoms with van der Waals surface area (Å²) in [6, 6.07) is 10.8. The highest BCUT2D eigenvalue weighted by atomic mass is 16.5. The summed E-state index contributed by atoms with van der Waals surface area (Å²) in [5.41, 5.74) is 1.57. The van der Waals surface area contributed by atoms with Crippen LogP contribution in [-0.2, 0) is 10.2 Å². The van der Waals surface area contributed by atoms with Crippen LogP contribution >= 0.6 is 0 Å². The number of ether oxygens (including phenoxy) is 1. The molecular weight excluding hydrogens is 220 g/mol. The molecule has 1 aromatic carbocycles. The molecule has 0 N–H and O–H groups in total. The molecule has 1 nitrogen and oxygen atoms in total. The van der Waals surface area contributed by atoms with Gasteiger partial charge in [0.05, 0.1) is 6.26 Å². The van der Waals surface area contributed by atoms with E-state index in [1.165, 1.54) is 24.8 Å². The Hall–Kier alpha value is -1.24. The molecule has 2 rings (SSSR count). The second kappa shape index (κ2) is 5.60. The quantitative estimate of drug-likeness (QED) is 0.699. The van der Waals surface area contributed by atoms with Crippen LogP contribution in [0.1, 0.15) is 45.1 Å². The second-order valence-corrected chi connectivity index (χ2v) is 5.82. The minimum Gasteiger partial charge on any atom is -0.498 e. The summed E-state index contributed by atoms with van der Waals surface area (Å²) in [5.74, 6) is 0.576. The molecule has 0 aromatic heterocycles. The van der Waals surface area contributed by atoms with Crippen LogP contribution in [0.25, 0.3) is 0 Å². The normalized spacial score (nSPS) is 24.6. The van der Waals surface area contributed by atoms with Crippen LogP contribution in [0.2, 0.25) is 0 Å². The SMILES string of the molecule is C=CO[C@H]1CCCC[C@@H]1C(C)(C)c1ccccc1. The van der Waals surface area contributed by atoms with E-state index < -0.39 is 0 Å². The molecular formula is C17H24O. The van der Waals surface area contributed by atoms with Crippen LogP contribution < -0.4 is 0 Å². The van der Waals surface area contributed by atoms with Gasteiger partial charge in [0.15, 0.2) is 0 Å². The van der Waals surface area contributed by atoms with Crippen LogP contribution in [0.15, 0.2) is 43.2 Å². The third kappa shape index (κ3) is 2.60. The summed E-state index contributed by atoms with van der Waals surface area (Å²) < 4.78 is 5.77. The standard InChI is InChI=1S/C17H24O/c1-4-18-16-13-9-8-12-15(16)17(2,3)14-10-6-5-7-11-14/h4-7,10-11,15-16H,1,8-9,12-13H2,2-3H3/t15-,16-/m0/s1. The van der Waals surface area contributed by atoms with E-state index in [-0.39, 0.29) is 5.41 Å². The smallest absolute Gasteiger partial charge is 0.101 e. The van der Waals surface area contributed by atoms with E-state index in [2.05, 4.69) is 50.8 Å². The summed E-state index contributed by atoms with van der Waals surface area (Å²) >= 11 is 0. The van der Waals surface area contributed by atoms with Crippen molar-refractivity contribution < 1.29 is 4.74 Å². The Labute approximate surface area is 111 Å². The van der Waals surface area contributed by atoms with E-state index in [9.17, 15) is 0 Å². The van der Waals surface area contributed by atoms with Gasteiger partial charge in [-0.3, -0.25) is 0 Å². The van der Waals surface area contributed by atoms with Gasteiger partial charge in [0.25, 0.3) is 0 Å². The summed E-state index contributed by atoms with van der Waals surface area (Å²) in [6.07, 6.45) is 6.95. The maximum Gasteiger partial charge on any atom is 0.101 e. The van der Waals surface area contributed by atoms with E-state index in [1.54, 1.807) is 6.26 Å². The molecule has 0 amide bonds. The van der Waals surface area contributed by atoms with Gasteiger partial charge in [-0.05, 0) is 30.2 Å². The fourth-order valence-electron chi connectivity index (χ4n) is 3.29. The van der Waals surface area contributed by atoms with Crippen molar-refractivity contribution in [2.75, 3.05) is 0 Å². The van der Waals surface area contributed by atoms with Crippen LogP contribution in [-0.4, -0.2) is 6.10 Å². The van der Waals surface area contributed by atoms with E-state index in [1.807, 2.05) is 0 Å².